The van der Waals surface area contributed by atoms with Crippen LogP contribution >= 0.6 is 0 Å². The van der Waals surface area contributed by atoms with Crippen LogP contribution < -0.4 is 4.90 Å². The Bertz CT molecular complexity index is 784. The van der Waals surface area contributed by atoms with E-state index in [9.17, 15) is 0 Å². The Hall–Kier alpha value is -2.76. The number of pyridine rings is 1. The highest BCUT2D eigenvalue weighted by molar-refractivity contribution is 5.50. The number of rotatable bonds is 3. The van der Waals surface area contributed by atoms with Crippen LogP contribution in [0.3, 0.4) is 0 Å². The van der Waals surface area contributed by atoms with Gasteiger partial charge in [0.2, 0.25) is 0 Å². The zero-order valence-electron chi connectivity index (χ0n) is 13.0. The largest absolute Gasteiger partial charge is 0.356 e. The molecule has 4 rings (SSSR count). The van der Waals surface area contributed by atoms with Gasteiger partial charge in [0.25, 0.3) is 0 Å². The summed E-state index contributed by atoms with van der Waals surface area (Å²) in [5, 5.41) is 0. The molecule has 1 atom stereocenters. The van der Waals surface area contributed by atoms with E-state index in [1.807, 2.05) is 31.5 Å². The van der Waals surface area contributed by atoms with Crippen LogP contribution in [0.2, 0.25) is 0 Å². The molecule has 116 valence electrons. The fourth-order valence-electron chi connectivity index (χ4n) is 3.08. The Morgan fingerprint density at radius 2 is 2.13 bits per heavy atom. The fourth-order valence-corrected chi connectivity index (χ4v) is 3.08. The van der Waals surface area contributed by atoms with Gasteiger partial charge in [0.15, 0.2) is 5.82 Å². The van der Waals surface area contributed by atoms with Crippen LogP contribution in [0.5, 0.6) is 0 Å². The molecule has 1 aliphatic rings. The van der Waals surface area contributed by atoms with Gasteiger partial charge in [0.05, 0.1) is 0 Å². The standard InChI is InChI=1S/C17H18N6/c1-12-21-14(10-15(22-12)17-19-7-8-20-17)13-5-9-23(11-13)16-4-2-3-6-18-16/h2-4,6-8,10,13H,5,9,11H2,1H3,(H,19,20)/t13-/m1/s1. The first-order valence-electron chi connectivity index (χ1n) is 7.81. The zero-order valence-corrected chi connectivity index (χ0v) is 13.0. The summed E-state index contributed by atoms with van der Waals surface area (Å²) in [4.78, 5) is 23.3. The molecular formula is C17H18N6. The number of hydrogen-bond acceptors (Lipinski definition) is 5. The predicted octanol–water partition coefficient (Wildman–Crippen LogP) is 2.56. The predicted molar refractivity (Wildman–Crippen MR) is 88.2 cm³/mol. The first-order chi connectivity index (χ1) is 11.3. The van der Waals surface area contributed by atoms with Crippen molar-refractivity contribution in [3.8, 4) is 11.5 Å². The molecule has 0 aromatic carbocycles. The van der Waals surface area contributed by atoms with E-state index in [2.05, 4.69) is 42.0 Å². The number of nitrogens with zero attached hydrogens (tertiary/aromatic N) is 5. The lowest BCUT2D eigenvalue weighted by Crippen LogP contribution is -2.20. The van der Waals surface area contributed by atoms with Crippen molar-refractivity contribution in [3.63, 3.8) is 0 Å². The van der Waals surface area contributed by atoms with Crippen molar-refractivity contribution < 1.29 is 0 Å². The Labute approximate surface area is 134 Å². The zero-order chi connectivity index (χ0) is 15.6. The monoisotopic (exact) mass is 306 g/mol. The van der Waals surface area contributed by atoms with Crippen LogP contribution in [0.4, 0.5) is 5.82 Å². The molecule has 0 unspecified atom stereocenters. The van der Waals surface area contributed by atoms with Gasteiger partial charge < -0.3 is 9.88 Å². The molecule has 6 heteroatoms. The number of anilines is 1. The van der Waals surface area contributed by atoms with Crippen molar-refractivity contribution in [1.82, 2.24) is 24.9 Å². The van der Waals surface area contributed by atoms with Gasteiger partial charge in [0, 0.05) is 43.3 Å². The van der Waals surface area contributed by atoms with E-state index in [1.165, 1.54) is 0 Å². The lowest BCUT2D eigenvalue weighted by atomic mass is 10.0. The molecule has 1 N–H and O–H groups in total. The molecule has 4 heterocycles. The Balaban J connectivity index is 1.59. The maximum absolute atomic E-state index is 4.65. The summed E-state index contributed by atoms with van der Waals surface area (Å²) in [6.45, 7) is 3.87. The molecular weight excluding hydrogens is 288 g/mol. The van der Waals surface area contributed by atoms with Crippen molar-refractivity contribution in [3.05, 3.63) is 54.4 Å². The summed E-state index contributed by atoms with van der Waals surface area (Å²) < 4.78 is 0. The van der Waals surface area contributed by atoms with Crippen LogP contribution in [0.1, 0.15) is 23.9 Å². The van der Waals surface area contributed by atoms with Gasteiger partial charge in [-0.25, -0.2) is 19.9 Å². The summed E-state index contributed by atoms with van der Waals surface area (Å²) in [5.41, 5.74) is 1.94. The van der Waals surface area contributed by atoms with Gasteiger partial charge in [-0.3, -0.25) is 0 Å². The quantitative estimate of drug-likeness (QED) is 0.805. The Morgan fingerprint density at radius 3 is 2.91 bits per heavy atom. The third-order valence-electron chi connectivity index (χ3n) is 4.18. The number of imidazole rings is 1. The van der Waals surface area contributed by atoms with Crippen molar-refractivity contribution in [2.45, 2.75) is 19.3 Å². The maximum atomic E-state index is 4.65. The van der Waals surface area contributed by atoms with Crippen LogP contribution in [0.25, 0.3) is 11.5 Å². The molecule has 0 amide bonds. The summed E-state index contributed by atoms with van der Waals surface area (Å²) in [6.07, 6.45) is 6.47. The van der Waals surface area contributed by atoms with E-state index in [0.717, 1.165) is 48.4 Å². The Morgan fingerprint density at radius 1 is 1.17 bits per heavy atom. The topological polar surface area (TPSA) is 70.6 Å². The molecule has 3 aromatic rings. The van der Waals surface area contributed by atoms with Crippen LogP contribution in [0, 0.1) is 6.92 Å². The molecule has 1 aliphatic heterocycles. The summed E-state index contributed by atoms with van der Waals surface area (Å²) >= 11 is 0. The molecule has 0 bridgehead atoms. The van der Waals surface area contributed by atoms with Crippen LogP contribution in [-0.4, -0.2) is 38.0 Å². The highest BCUT2D eigenvalue weighted by atomic mass is 15.2. The van der Waals surface area contributed by atoms with Gasteiger partial charge in [0.1, 0.15) is 17.3 Å². The van der Waals surface area contributed by atoms with E-state index in [1.54, 1.807) is 6.20 Å². The van der Waals surface area contributed by atoms with Crippen LogP contribution in [0.15, 0.2) is 42.9 Å². The molecule has 0 saturated carbocycles. The average Bonchev–Trinajstić information content (AvgIpc) is 3.27. The lowest BCUT2D eigenvalue weighted by molar-refractivity contribution is 0.732. The van der Waals surface area contributed by atoms with E-state index in [-0.39, 0.29) is 0 Å². The van der Waals surface area contributed by atoms with E-state index >= 15 is 0 Å². The van der Waals surface area contributed by atoms with E-state index in [4.69, 9.17) is 0 Å². The fraction of sp³-hybridized carbons (Fsp3) is 0.294. The number of aromatic nitrogens is 5. The normalized spacial score (nSPS) is 17.6. The van der Waals surface area contributed by atoms with Crippen molar-refractivity contribution in [2.75, 3.05) is 18.0 Å². The first-order valence-corrected chi connectivity index (χ1v) is 7.81. The van der Waals surface area contributed by atoms with Crippen LogP contribution in [-0.2, 0) is 0 Å². The molecule has 0 radical (unpaired) electrons. The number of aromatic amines is 1. The number of nitrogens with one attached hydrogen (secondary N) is 1. The minimum atomic E-state index is 0.396. The number of aryl methyl sites for hydroxylation is 1. The molecule has 0 aliphatic carbocycles. The highest BCUT2D eigenvalue weighted by Crippen LogP contribution is 2.30. The van der Waals surface area contributed by atoms with Gasteiger partial charge in [-0.1, -0.05) is 6.07 Å². The maximum Gasteiger partial charge on any atom is 0.156 e. The average molecular weight is 306 g/mol. The summed E-state index contributed by atoms with van der Waals surface area (Å²) in [6, 6.07) is 8.08. The SMILES string of the molecule is Cc1nc(-c2ncc[nH]2)cc([C@@H]2CCN(c3ccccn3)C2)n1. The van der Waals surface area contributed by atoms with Gasteiger partial charge in [-0.05, 0) is 31.5 Å². The summed E-state index contributed by atoms with van der Waals surface area (Å²) in [5.74, 6) is 3.00. The second-order valence-electron chi connectivity index (χ2n) is 5.78. The van der Waals surface area contributed by atoms with Crippen molar-refractivity contribution in [1.29, 1.82) is 0 Å². The number of hydrogen-bond donors (Lipinski definition) is 1. The lowest BCUT2D eigenvalue weighted by Gasteiger charge is -2.17. The first kappa shape index (κ1) is 13.9. The Kier molecular flexibility index (Phi) is 3.49. The third kappa shape index (κ3) is 2.79. The van der Waals surface area contributed by atoms with Crippen molar-refractivity contribution in [2.24, 2.45) is 0 Å². The molecule has 0 spiro atoms. The van der Waals surface area contributed by atoms with Gasteiger partial charge in [-0.2, -0.15) is 0 Å². The molecule has 1 fully saturated rings. The number of H-pyrrole nitrogens is 1. The minimum absolute atomic E-state index is 0.396. The van der Waals surface area contributed by atoms with E-state index in [0.29, 0.717) is 5.92 Å². The highest BCUT2D eigenvalue weighted by Gasteiger charge is 2.26. The summed E-state index contributed by atoms with van der Waals surface area (Å²) in [7, 11) is 0. The van der Waals surface area contributed by atoms with Gasteiger partial charge >= 0.3 is 0 Å². The minimum Gasteiger partial charge on any atom is -0.356 e. The van der Waals surface area contributed by atoms with E-state index < -0.39 is 0 Å². The molecule has 1 saturated heterocycles. The van der Waals surface area contributed by atoms with Crippen molar-refractivity contribution >= 4 is 5.82 Å². The second kappa shape index (κ2) is 5.79. The second-order valence-corrected chi connectivity index (χ2v) is 5.78. The molecule has 6 nitrogen and oxygen atoms in total. The van der Waals surface area contributed by atoms with Gasteiger partial charge in [-0.15, -0.1) is 0 Å². The third-order valence-corrected chi connectivity index (χ3v) is 4.18. The smallest absolute Gasteiger partial charge is 0.156 e. The molecule has 23 heavy (non-hydrogen) atoms. The molecule has 3 aromatic heterocycles.